The Kier molecular flexibility index (Phi) is 14.5. The Labute approximate surface area is 118 Å². The first-order chi connectivity index (χ1) is 8.29. The number of nitrogens with one attached hydrogen (secondary N) is 1. The lowest BCUT2D eigenvalue weighted by Gasteiger charge is -2.03. The topological polar surface area (TPSA) is 38.3 Å². The van der Waals surface area contributed by atoms with Gasteiger partial charge < -0.3 is 10.1 Å². The van der Waals surface area contributed by atoms with Crippen LogP contribution in [0.4, 0.5) is 0 Å². The highest BCUT2D eigenvalue weighted by Crippen LogP contribution is 2.11. The van der Waals surface area contributed by atoms with Gasteiger partial charge in [0.05, 0.1) is 12.1 Å². The first-order valence-corrected chi connectivity index (χ1v) is 7.73. The van der Waals surface area contributed by atoms with Gasteiger partial charge in [-0.25, -0.2) is 0 Å². The number of carbonyl (C=O) groups excluding carboxylic acids is 1. The summed E-state index contributed by atoms with van der Waals surface area (Å²) in [6.45, 7) is 10.5. The second kappa shape index (κ2) is 13.3. The molecule has 0 aromatic rings. The zero-order valence-corrected chi connectivity index (χ0v) is 13.2. The van der Waals surface area contributed by atoms with Crippen LogP contribution in [0.2, 0.25) is 0 Å². The number of ether oxygens (including phenoxy) is 1. The fourth-order valence-corrected chi connectivity index (χ4v) is 1.09. The Bertz CT molecular complexity index is 283. The summed E-state index contributed by atoms with van der Waals surface area (Å²) in [5, 5.41) is 2.71. The van der Waals surface area contributed by atoms with Crippen molar-refractivity contribution in [3.63, 3.8) is 0 Å². The third kappa shape index (κ3) is 7.20. The fourth-order valence-electron chi connectivity index (χ4n) is 1.09. The zero-order chi connectivity index (χ0) is 13.7. The molecule has 0 saturated carbocycles. The lowest BCUT2D eigenvalue weighted by atomic mass is 10.2. The predicted molar refractivity (Wildman–Crippen MR) is 82.3 cm³/mol. The minimum atomic E-state index is -0.124. The van der Waals surface area contributed by atoms with E-state index in [-0.39, 0.29) is 5.91 Å². The average Bonchev–Trinajstić information content (AvgIpc) is 2.56. The number of amides is 1. The highest BCUT2D eigenvalue weighted by Gasteiger charge is 2.14. The number of allylic oxidation sites excluding steroid dienone is 2. The van der Waals surface area contributed by atoms with Gasteiger partial charge in [-0.15, -0.1) is 0 Å². The van der Waals surface area contributed by atoms with Crippen LogP contribution in [0.1, 0.15) is 20.8 Å². The lowest BCUT2D eigenvalue weighted by molar-refractivity contribution is -0.117. The quantitative estimate of drug-likeness (QED) is 0.613. The van der Waals surface area contributed by atoms with E-state index in [0.29, 0.717) is 24.5 Å². The normalized spacial score (nSPS) is 14.5. The van der Waals surface area contributed by atoms with Gasteiger partial charge in [0.15, 0.2) is 0 Å². The van der Waals surface area contributed by atoms with Gasteiger partial charge in [-0.2, -0.15) is 0 Å². The van der Waals surface area contributed by atoms with Crippen molar-refractivity contribution in [2.45, 2.75) is 20.8 Å². The molecule has 0 aromatic heterocycles. The molecule has 0 unspecified atom stereocenters. The van der Waals surface area contributed by atoms with Crippen LogP contribution in [0.5, 0.6) is 0 Å². The van der Waals surface area contributed by atoms with Gasteiger partial charge in [0.2, 0.25) is 0 Å². The first kappa shape index (κ1) is 18.6. The van der Waals surface area contributed by atoms with Crippen molar-refractivity contribution in [2.24, 2.45) is 0 Å². The van der Waals surface area contributed by atoms with Gasteiger partial charge in [0.25, 0.3) is 5.91 Å². The van der Waals surface area contributed by atoms with Crippen LogP contribution >= 0.6 is 22.6 Å². The van der Waals surface area contributed by atoms with Crippen LogP contribution in [0.15, 0.2) is 36.1 Å². The molecule has 0 fully saturated rings. The molecular weight excluding hydrogens is 329 g/mol. The SMILES string of the molecule is C=CC1=C(/C=C\C)OCCNC1=O.CC.CI. The van der Waals surface area contributed by atoms with Crippen LogP contribution in [0.3, 0.4) is 0 Å². The van der Waals surface area contributed by atoms with Crippen LogP contribution in [-0.2, 0) is 9.53 Å². The second-order valence-corrected chi connectivity index (χ2v) is 2.59. The van der Waals surface area contributed by atoms with Gasteiger partial charge in [0, 0.05) is 0 Å². The van der Waals surface area contributed by atoms with Crippen molar-refractivity contribution in [3.05, 3.63) is 36.1 Å². The van der Waals surface area contributed by atoms with Crippen molar-refractivity contribution >= 4 is 28.5 Å². The van der Waals surface area contributed by atoms with Gasteiger partial charge in [-0.3, -0.25) is 4.79 Å². The van der Waals surface area contributed by atoms with E-state index in [4.69, 9.17) is 4.74 Å². The van der Waals surface area contributed by atoms with Crippen LogP contribution in [0, 0.1) is 0 Å². The lowest BCUT2D eigenvalue weighted by Crippen LogP contribution is -2.25. The van der Waals surface area contributed by atoms with Crippen LogP contribution < -0.4 is 5.32 Å². The van der Waals surface area contributed by atoms with E-state index in [2.05, 4.69) is 34.5 Å². The monoisotopic (exact) mass is 351 g/mol. The van der Waals surface area contributed by atoms with Crippen LogP contribution in [-0.4, -0.2) is 24.0 Å². The first-order valence-electron chi connectivity index (χ1n) is 5.57. The Morgan fingerprint density at radius 1 is 1.41 bits per heavy atom. The molecule has 1 amide bonds. The molecule has 0 atom stereocenters. The van der Waals surface area contributed by atoms with Crippen molar-refractivity contribution in [1.29, 1.82) is 0 Å². The van der Waals surface area contributed by atoms with Crippen molar-refractivity contribution in [1.82, 2.24) is 5.32 Å². The smallest absolute Gasteiger partial charge is 0.255 e. The molecule has 17 heavy (non-hydrogen) atoms. The standard InChI is InChI=1S/C10H13NO2.C2H6.CH3I/c1-3-5-9-8(4-2)10(12)11-6-7-13-9;2*1-2/h3-5H,2,6-7H2,1H3,(H,11,12);1-2H3;1H3/b5-3-;;. The van der Waals surface area contributed by atoms with E-state index in [9.17, 15) is 4.79 Å². The molecule has 0 bridgehead atoms. The Hall–Kier alpha value is -0.780. The molecule has 1 aliphatic rings. The molecular formula is C13H22INO2. The maximum atomic E-state index is 11.4. The van der Waals surface area contributed by atoms with E-state index in [1.807, 2.05) is 31.8 Å². The molecule has 0 aliphatic carbocycles. The van der Waals surface area contributed by atoms with E-state index < -0.39 is 0 Å². The maximum Gasteiger partial charge on any atom is 0.255 e. The summed E-state index contributed by atoms with van der Waals surface area (Å²) >= 11 is 2.15. The minimum absolute atomic E-state index is 0.124. The van der Waals surface area contributed by atoms with Crippen LogP contribution in [0.25, 0.3) is 0 Å². The summed E-state index contributed by atoms with van der Waals surface area (Å²) in [6, 6.07) is 0. The minimum Gasteiger partial charge on any atom is -0.491 e. The number of rotatable bonds is 2. The number of alkyl halides is 1. The maximum absolute atomic E-state index is 11.4. The summed E-state index contributed by atoms with van der Waals surface area (Å²) in [6.07, 6.45) is 5.11. The van der Waals surface area contributed by atoms with Crippen molar-refractivity contribution in [2.75, 3.05) is 18.1 Å². The number of hydrogen-bond donors (Lipinski definition) is 1. The number of hydrogen-bond acceptors (Lipinski definition) is 2. The Morgan fingerprint density at radius 2 is 2.00 bits per heavy atom. The van der Waals surface area contributed by atoms with Gasteiger partial charge in [0.1, 0.15) is 12.4 Å². The summed E-state index contributed by atoms with van der Waals surface area (Å²) in [7, 11) is 0. The molecule has 3 nitrogen and oxygen atoms in total. The van der Waals surface area contributed by atoms with E-state index in [1.165, 1.54) is 6.08 Å². The zero-order valence-electron chi connectivity index (χ0n) is 11.0. The molecule has 0 aromatic carbocycles. The van der Waals surface area contributed by atoms with E-state index in [1.54, 1.807) is 6.08 Å². The molecule has 1 heterocycles. The largest absolute Gasteiger partial charge is 0.491 e. The molecule has 1 N–H and O–H groups in total. The Balaban J connectivity index is 0. The second-order valence-electron chi connectivity index (χ2n) is 2.59. The summed E-state index contributed by atoms with van der Waals surface area (Å²) in [4.78, 5) is 13.3. The average molecular weight is 351 g/mol. The number of halogens is 1. The molecule has 0 radical (unpaired) electrons. The third-order valence-corrected chi connectivity index (χ3v) is 1.68. The highest BCUT2D eigenvalue weighted by atomic mass is 127. The molecule has 1 rings (SSSR count). The molecule has 1 aliphatic heterocycles. The number of carbonyl (C=O) groups is 1. The van der Waals surface area contributed by atoms with Gasteiger partial charge in [-0.05, 0) is 17.9 Å². The van der Waals surface area contributed by atoms with E-state index in [0.717, 1.165) is 0 Å². The highest BCUT2D eigenvalue weighted by molar-refractivity contribution is 14.1. The third-order valence-electron chi connectivity index (χ3n) is 1.68. The summed E-state index contributed by atoms with van der Waals surface area (Å²) in [5.74, 6) is 0.466. The summed E-state index contributed by atoms with van der Waals surface area (Å²) in [5.41, 5.74) is 0.496. The van der Waals surface area contributed by atoms with Crippen molar-refractivity contribution < 1.29 is 9.53 Å². The fraction of sp³-hybridized carbons (Fsp3) is 0.462. The van der Waals surface area contributed by atoms with E-state index >= 15 is 0 Å². The molecule has 4 heteroatoms. The summed E-state index contributed by atoms with van der Waals surface area (Å²) < 4.78 is 5.36. The molecule has 0 spiro atoms. The molecule has 98 valence electrons. The van der Waals surface area contributed by atoms with Gasteiger partial charge in [-0.1, -0.05) is 55.2 Å². The van der Waals surface area contributed by atoms with Gasteiger partial charge >= 0.3 is 0 Å². The van der Waals surface area contributed by atoms with Crippen molar-refractivity contribution in [3.8, 4) is 0 Å². The molecule has 0 saturated heterocycles. The Morgan fingerprint density at radius 3 is 2.47 bits per heavy atom. The predicted octanol–water partition coefficient (Wildman–Crippen LogP) is 3.23.